The minimum absolute atomic E-state index is 0.0214. The number of rotatable bonds is 6. The van der Waals surface area contributed by atoms with Gasteiger partial charge in [0.1, 0.15) is 0 Å². The van der Waals surface area contributed by atoms with Crippen LogP contribution in [-0.2, 0) is 11.2 Å². The molecule has 1 amide bonds. The number of carbonyl (C=O) groups excluding carboxylic acids is 1. The number of aliphatic hydroxyl groups excluding tert-OH is 1. The predicted molar refractivity (Wildman–Crippen MR) is 103 cm³/mol. The van der Waals surface area contributed by atoms with Crippen LogP contribution >= 0.6 is 0 Å². The van der Waals surface area contributed by atoms with Crippen molar-refractivity contribution in [1.29, 1.82) is 0 Å². The Balaban J connectivity index is 1.29. The van der Waals surface area contributed by atoms with E-state index >= 15 is 0 Å². The molecule has 1 aromatic carbocycles. The number of hydrogen-bond donors (Lipinski definition) is 1. The van der Waals surface area contributed by atoms with Crippen LogP contribution in [0.2, 0.25) is 0 Å². The smallest absolute Gasteiger partial charge is 0.228 e. The standard InChI is InChI=1S/C22H28N2O2/c1-2-5-18(13-25)21(26)24-14-22(15-24)11-16(12-22)10-19-9-8-17-6-3-4-7-20(17)23-19/h3-4,6-9,16,18,25H,2,5,10-15H2,1H3/t18-/m1/s1. The summed E-state index contributed by atoms with van der Waals surface area (Å²) in [4.78, 5) is 19.2. The molecule has 4 heteroatoms. The second-order valence-electron chi connectivity index (χ2n) is 8.34. The van der Waals surface area contributed by atoms with Gasteiger partial charge in [-0.3, -0.25) is 9.78 Å². The maximum absolute atomic E-state index is 12.4. The van der Waals surface area contributed by atoms with Crippen molar-refractivity contribution in [1.82, 2.24) is 9.88 Å². The fraction of sp³-hybridized carbons (Fsp3) is 0.545. The Bertz CT molecular complexity index is 790. The van der Waals surface area contributed by atoms with Gasteiger partial charge in [-0.1, -0.05) is 37.6 Å². The lowest BCUT2D eigenvalue weighted by molar-refractivity contribution is -0.160. The highest BCUT2D eigenvalue weighted by atomic mass is 16.3. The van der Waals surface area contributed by atoms with Crippen LogP contribution in [-0.4, -0.2) is 40.6 Å². The van der Waals surface area contributed by atoms with Crippen LogP contribution in [0.25, 0.3) is 10.9 Å². The van der Waals surface area contributed by atoms with E-state index in [1.165, 1.54) is 23.9 Å². The molecule has 2 aromatic rings. The fourth-order valence-electron chi connectivity index (χ4n) is 4.90. The summed E-state index contributed by atoms with van der Waals surface area (Å²) >= 11 is 0. The molecule has 1 N–H and O–H groups in total. The zero-order valence-electron chi connectivity index (χ0n) is 15.5. The second-order valence-corrected chi connectivity index (χ2v) is 8.34. The van der Waals surface area contributed by atoms with Gasteiger partial charge in [-0.2, -0.15) is 0 Å². The number of para-hydroxylation sites is 1. The Morgan fingerprint density at radius 1 is 1.27 bits per heavy atom. The molecule has 1 atom stereocenters. The van der Waals surface area contributed by atoms with E-state index in [0.717, 1.165) is 37.9 Å². The van der Waals surface area contributed by atoms with E-state index < -0.39 is 0 Å². The van der Waals surface area contributed by atoms with E-state index in [2.05, 4.69) is 31.2 Å². The normalized spacial score (nSPS) is 20.0. The molecule has 4 nitrogen and oxygen atoms in total. The number of benzene rings is 1. The molecule has 0 bridgehead atoms. The highest BCUT2D eigenvalue weighted by molar-refractivity contribution is 5.80. The van der Waals surface area contributed by atoms with E-state index in [0.29, 0.717) is 11.3 Å². The van der Waals surface area contributed by atoms with Crippen molar-refractivity contribution in [3.63, 3.8) is 0 Å². The molecule has 4 rings (SSSR count). The van der Waals surface area contributed by atoms with Crippen molar-refractivity contribution in [2.75, 3.05) is 19.7 Å². The fourth-order valence-corrected chi connectivity index (χ4v) is 4.90. The third kappa shape index (κ3) is 3.23. The van der Waals surface area contributed by atoms with Gasteiger partial charge < -0.3 is 10.0 Å². The monoisotopic (exact) mass is 352 g/mol. The molecular weight excluding hydrogens is 324 g/mol. The van der Waals surface area contributed by atoms with Gasteiger partial charge in [-0.15, -0.1) is 0 Å². The SMILES string of the molecule is CCC[C@H](CO)C(=O)N1CC2(CC(Cc3ccc4ccccc4n3)C2)C1. The zero-order valence-corrected chi connectivity index (χ0v) is 15.5. The molecular formula is C22H28N2O2. The first-order valence-electron chi connectivity index (χ1n) is 9.87. The first-order chi connectivity index (χ1) is 12.6. The molecule has 0 unspecified atom stereocenters. The first kappa shape index (κ1) is 17.5. The summed E-state index contributed by atoms with van der Waals surface area (Å²) in [5.41, 5.74) is 2.60. The number of pyridine rings is 1. The minimum Gasteiger partial charge on any atom is -0.396 e. The summed E-state index contributed by atoms with van der Waals surface area (Å²) < 4.78 is 0. The van der Waals surface area contributed by atoms with Crippen LogP contribution < -0.4 is 0 Å². The number of amides is 1. The molecule has 1 saturated heterocycles. The van der Waals surface area contributed by atoms with Crippen LogP contribution in [0.3, 0.4) is 0 Å². The predicted octanol–water partition coefficient (Wildman–Crippen LogP) is 3.42. The van der Waals surface area contributed by atoms with Crippen molar-refractivity contribution in [3.05, 3.63) is 42.1 Å². The topological polar surface area (TPSA) is 53.4 Å². The lowest BCUT2D eigenvalue weighted by Gasteiger charge is -2.59. The van der Waals surface area contributed by atoms with Crippen LogP contribution in [0, 0.1) is 17.3 Å². The van der Waals surface area contributed by atoms with E-state index in [9.17, 15) is 9.90 Å². The Hall–Kier alpha value is -1.94. The van der Waals surface area contributed by atoms with Crippen LogP contribution in [0.5, 0.6) is 0 Å². The Labute approximate surface area is 155 Å². The third-order valence-electron chi connectivity index (χ3n) is 6.17. The first-order valence-corrected chi connectivity index (χ1v) is 9.87. The zero-order chi connectivity index (χ0) is 18.1. The van der Waals surface area contributed by atoms with E-state index in [4.69, 9.17) is 4.98 Å². The summed E-state index contributed by atoms with van der Waals surface area (Å²) in [6, 6.07) is 12.6. The lowest BCUT2D eigenvalue weighted by Crippen LogP contribution is -2.65. The third-order valence-corrected chi connectivity index (χ3v) is 6.17. The van der Waals surface area contributed by atoms with Crippen molar-refractivity contribution in [2.24, 2.45) is 17.3 Å². The summed E-state index contributed by atoms with van der Waals surface area (Å²) in [6.07, 6.45) is 5.16. The highest BCUT2D eigenvalue weighted by Crippen LogP contribution is 2.53. The van der Waals surface area contributed by atoms with Crippen molar-refractivity contribution in [3.8, 4) is 0 Å². The molecule has 26 heavy (non-hydrogen) atoms. The quantitative estimate of drug-likeness (QED) is 0.867. The molecule has 1 spiro atoms. The molecule has 2 heterocycles. The Morgan fingerprint density at radius 2 is 2.04 bits per heavy atom. The molecule has 2 aliphatic rings. The summed E-state index contributed by atoms with van der Waals surface area (Å²) in [5.74, 6) is 0.639. The number of hydrogen-bond acceptors (Lipinski definition) is 3. The van der Waals surface area contributed by atoms with Gasteiger partial charge in [-0.25, -0.2) is 0 Å². The summed E-state index contributed by atoms with van der Waals surface area (Å²) in [5, 5.41) is 10.6. The molecule has 1 aliphatic carbocycles. The van der Waals surface area contributed by atoms with E-state index in [1.54, 1.807) is 0 Å². The molecule has 1 aromatic heterocycles. The van der Waals surface area contributed by atoms with Gasteiger partial charge in [0.15, 0.2) is 0 Å². The largest absolute Gasteiger partial charge is 0.396 e. The van der Waals surface area contributed by atoms with Crippen molar-refractivity contribution >= 4 is 16.8 Å². The summed E-state index contributed by atoms with van der Waals surface area (Å²) in [6.45, 7) is 3.80. The minimum atomic E-state index is -0.199. The average Bonchev–Trinajstić information content (AvgIpc) is 2.59. The highest BCUT2D eigenvalue weighted by Gasteiger charge is 2.53. The molecule has 1 saturated carbocycles. The van der Waals surface area contributed by atoms with E-state index in [-0.39, 0.29) is 18.4 Å². The van der Waals surface area contributed by atoms with Gasteiger partial charge in [0, 0.05) is 29.6 Å². The Morgan fingerprint density at radius 3 is 2.77 bits per heavy atom. The lowest BCUT2D eigenvalue weighted by atomic mass is 9.56. The van der Waals surface area contributed by atoms with Crippen LogP contribution in [0.15, 0.2) is 36.4 Å². The summed E-state index contributed by atoms with van der Waals surface area (Å²) in [7, 11) is 0. The maximum Gasteiger partial charge on any atom is 0.228 e. The number of carbonyl (C=O) groups is 1. The van der Waals surface area contributed by atoms with Crippen molar-refractivity contribution in [2.45, 2.75) is 39.0 Å². The van der Waals surface area contributed by atoms with E-state index in [1.807, 2.05) is 17.0 Å². The number of aliphatic hydroxyl groups is 1. The van der Waals surface area contributed by atoms with Crippen LogP contribution in [0.1, 0.15) is 38.3 Å². The van der Waals surface area contributed by atoms with Crippen molar-refractivity contribution < 1.29 is 9.90 Å². The number of aromatic nitrogens is 1. The average molecular weight is 352 g/mol. The van der Waals surface area contributed by atoms with Gasteiger partial charge in [0.25, 0.3) is 0 Å². The van der Waals surface area contributed by atoms with Gasteiger partial charge in [0.2, 0.25) is 5.91 Å². The molecule has 138 valence electrons. The number of fused-ring (bicyclic) bond motifs is 1. The maximum atomic E-state index is 12.4. The van der Waals surface area contributed by atoms with Gasteiger partial charge in [-0.05, 0) is 43.7 Å². The number of nitrogens with zero attached hydrogens (tertiary/aromatic N) is 2. The Kier molecular flexibility index (Phi) is 4.70. The molecule has 0 radical (unpaired) electrons. The van der Waals surface area contributed by atoms with Gasteiger partial charge >= 0.3 is 0 Å². The van der Waals surface area contributed by atoms with Crippen LogP contribution in [0.4, 0.5) is 0 Å². The van der Waals surface area contributed by atoms with Gasteiger partial charge in [0.05, 0.1) is 18.0 Å². The molecule has 1 aliphatic heterocycles. The number of likely N-dealkylation sites (tertiary alicyclic amines) is 1. The second kappa shape index (κ2) is 6.99. The molecule has 2 fully saturated rings.